The number of nitrogens with two attached hydrogens (primary N) is 2. The Morgan fingerprint density at radius 3 is 1.03 bits per heavy atom. The minimum atomic E-state index is -1.85. The zero-order chi connectivity index (χ0) is 29.2. The van der Waals surface area contributed by atoms with Gasteiger partial charge in [0.05, 0.1) is 26.2 Å². The van der Waals surface area contributed by atoms with Gasteiger partial charge in [0, 0.05) is 0 Å². The zero-order valence-corrected chi connectivity index (χ0v) is 27.1. The van der Waals surface area contributed by atoms with Crippen LogP contribution < -0.4 is 26.1 Å². The van der Waals surface area contributed by atoms with Crippen LogP contribution in [0.5, 0.6) is 0 Å². The lowest BCUT2D eigenvalue weighted by atomic mass is 9.80. The van der Waals surface area contributed by atoms with Gasteiger partial charge in [-0.1, -0.05) is 147 Å². The van der Waals surface area contributed by atoms with E-state index in [1.807, 2.05) is 12.1 Å². The summed E-state index contributed by atoms with van der Waals surface area (Å²) in [7, 11) is -1.85. The largest absolute Gasteiger partial charge is 0.889 e. The van der Waals surface area contributed by atoms with E-state index >= 15 is 0 Å². The van der Waals surface area contributed by atoms with Crippen LogP contribution in [0.3, 0.4) is 0 Å². The second-order valence-corrected chi connectivity index (χ2v) is 11.0. The number of benzene rings is 1. The topological polar surface area (TPSA) is 79.3 Å². The third kappa shape index (κ3) is 33.2. The van der Waals surface area contributed by atoms with Gasteiger partial charge in [0.2, 0.25) is 0 Å². The molecule has 0 fully saturated rings. The average Bonchev–Trinajstić information content (AvgIpc) is 2.94. The molecule has 0 aromatic heterocycles. The van der Waals surface area contributed by atoms with Crippen molar-refractivity contribution in [2.24, 2.45) is 0 Å². The highest BCUT2D eigenvalue weighted by Crippen LogP contribution is 2.14. The van der Waals surface area contributed by atoms with Crippen molar-refractivity contribution in [3.63, 3.8) is 0 Å². The molecule has 4 nitrogen and oxygen atoms in total. The first-order valence-electron chi connectivity index (χ1n) is 17.1. The molecule has 39 heavy (non-hydrogen) atoms. The summed E-state index contributed by atoms with van der Waals surface area (Å²) in [5, 5.41) is 26.1. The maximum atomic E-state index is 10.8. The monoisotopic (exact) mass is 549 g/mol. The number of hydrogen-bond donors (Lipinski definition) is 2. The van der Waals surface area contributed by atoms with Crippen molar-refractivity contribution < 1.29 is 20.7 Å². The highest BCUT2D eigenvalue weighted by Gasteiger charge is 1.97. The molecule has 0 saturated heterocycles. The summed E-state index contributed by atoms with van der Waals surface area (Å²) >= 11 is 0. The van der Waals surface area contributed by atoms with Crippen molar-refractivity contribution in [3.05, 3.63) is 29.8 Å². The maximum Gasteiger partial charge on any atom is 0.0726 e. The van der Waals surface area contributed by atoms with Gasteiger partial charge in [-0.05, 0) is 46.1 Å². The van der Waals surface area contributed by atoms with E-state index < -0.39 is 7.12 Å². The molecule has 0 heterocycles. The van der Waals surface area contributed by atoms with Crippen molar-refractivity contribution in [1.82, 2.24) is 0 Å². The van der Waals surface area contributed by atoms with Crippen molar-refractivity contribution in [2.45, 2.75) is 157 Å². The zero-order valence-electron chi connectivity index (χ0n) is 27.1. The Morgan fingerprint density at radius 1 is 0.462 bits per heavy atom. The lowest BCUT2D eigenvalue weighted by Gasteiger charge is -2.26. The first-order chi connectivity index (χ1) is 19.1. The van der Waals surface area contributed by atoms with Crippen LogP contribution in [0.1, 0.15) is 156 Å². The molecule has 0 spiro atoms. The van der Waals surface area contributed by atoms with Crippen LogP contribution in [0.25, 0.3) is 0 Å². The molecule has 0 bridgehead atoms. The van der Waals surface area contributed by atoms with E-state index in [0.29, 0.717) is 5.46 Å². The lowest BCUT2D eigenvalue weighted by molar-refractivity contribution is -0.648. The number of unbranched alkanes of at least 4 members (excludes halogenated alkanes) is 17. The summed E-state index contributed by atoms with van der Waals surface area (Å²) in [6.07, 6.45) is 26.3. The predicted molar refractivity (Wildman–Crippen MR) is 170 cm³/mol. The standard InChI is InChI=1S/C26H45BO2.2C4H11N/c1-2-3-4-5-6-7-8-9-10-11-12-13-14-15-16-17-18-19-20-25-21-23-26(24-22-25)27(28)29;2*1-3-5-4-2/h21-24H,2-20H2,1H3;2*5H,3-4H2,1-2H3/q-2;;/p+2. The van der Waals surface area contributed by atoms with Gasteiger partial charge in [-0.25, -0.2) is 0 Å². The molecule has 0 radical (unpaired) electrons. The molecule has 230 valence electrons. The first kappa shape index (κ1) is 40.3. The molecular weight excluding hydrogens is 479 g/mol. The Morgan fingerprint density at radius 2 is 0.769 bits per heavy atom. The van der Waals surface area contributed by atoms with Crippen LogP contribution in [0.4, 0.5) is 0 Å². The molecule has 1 aromatic carbocycles. The fourth-order valence-electron chi connectivity index (χ4n) is 4.65. The Balaban J connectivity index is 0. The van der Waals surface area contributed by atoms with E-state index in [1.165, 1.54) is 147 Å². The molecule has 0 aliphatic heterocycles. The Labute approximate surface area is 245 Å². The minimum Gasteiger partial charge on any atom is -0.889 e. The van der Waals surface area contributed by atoms with Crippen LogP contribution in [-0.4, -0.2) is 33.3 Å². The van der Waals surface area contributed by atoms with Gasteiger partial charge in [0.15, 0.2) is 0 Å². The summed E-state index contributed by atoms with van der Waals surface area (Å²) in [6.45, 7) is 15.8. The van der Waals surface area contributed by atoms with Crippen molar-refractivity contribution in [1.29, 1.82) is 0 Å². The number of rotatable bonds is 24. The molecule has 4 N–H and O–H groups in total. The molecule has 0 atom stereocenters. The van der Waals surface area contributed by atoms with E-state index in [0.717, 1.165) is 6.42 Å². The van der Waals surface area contributed by atoms with Crippen LogP contribution in [0.15, 0.2) is 24.3 Å². The van der Waals surface area contributed by atoms with Gasteiger partial charge in [-0.15, -0.1) is 5.46 Å². The highest BCUT2D eigenvalue weighted by atomic mass is 16.4. The molecular formula is C34H69BN2O2. The van der Waals surface area contributed by atoms with Gasteiger partial charge >= 0.3 is 0 Å². The lowest BCUT2D eigenvalue weighted by Crippen LogP contribution is -2.82. The summed E-state index contributed by atoms with van der Waals surface area (Å²) < 4.78 is 0. The summed E-state index contributed by atoms with van der Waals surface area (Å²) in [4.78, 5) is 0. The maximum absolute atomic E-state index is 10.8. The fourth-order valence-corrected chi connectivity index (χ4v) is 4.65. The van der Waals surface area contributed by atoms with Crippen LogP contribution in [-0.2, 0) is 6.42 Å². The smallest absolute Gasteiger partial charge is 0.0726 e. The van der Waals surface area contributed by atoms with E-state index in [-0.39, 0.29) is 0 Å². The van der Waals surface area contributed by atoms with Gasteiger partial charge in [0.25, 0.3) is 0 Å². The Bertz CT molecular complexity index is 545. The molecule has 1 rings (SSSR count). The van der Waals surface area contributed by atoms with E-state index in [9.17, 15) is 10.0 Å². The quantitative estimate of drug-likeness (QED) is 0.143. The van der Waals surface area contributed by atoms with Crippen molar-refractivity contribution in [3.8, 4) is 0 Å². The number of hydrogen-bond acceptors (Lipinski definition) is 2. The highest BCUT2D eigenvalue weighted by molar-refractivity contribution is 6.55. The summed E-state index contributed by atoms with van der Waals surface area (Å²) in [6, 6.07) is 7.25. The van der Waals surface area contributed by atoms with Crippen molar-refractivity contribution in [2.75, 3.05) is 26.2 Å². The molecule has 5 heteroatoms. The third-order valence-corrected chi connectivity index (χ3v) is 7.23. The molecule has 0 aliphatic rings. The van der Waals surface area contributed by atoms with Crippen LogP contribution in [0, 0.1) is 0 Å². The normalized spacial score (nSPS) is 10.4. The SMILES string of the molecule is CCCCCCCCCCCCCCCCCCCCc1ccc(B([O-])[O-])cc1.CC[NH2+]CC.CC[NH2+]CC. The van der Waals surface area contributed by atoms with E-state index in [4.69, 9.17) is 0 Å². The van der Waals surface area contributed by atoms with Crippen LogP contribution in [0.2, 0.25) is 0 Å². The third-order valence-electron chi connectivity index (χ3n) is 7.23. The Hall–Kier alpha value is -0.875. The molecule has 0 unspecified atom stereocenters. The average molecular weight is 549 g/mol. The predicted octanol–water partition coefficient (Wildman–Crippen LogP) is 4.87. The van der Waals surface area contributed by atoms with Gasteiger partial charge in [-0.2, -0.15) is 0 Å². The fraction of sp³-hybridized carbons (Fsp3) is 0.824. The minimum absolute atomic E-state index is 0.353. The van der Waals surface area contributed by atoms with Crippen molar-refractivity contribution >= 4 is 12.6 Å². The summed E-state index contributed by atoms with van der Waals surface area (Å²) in [5.74, 6) is 0. The number of quaternary nitrogens is 2. The van der Waals surface area contributed by atoms with Crippen LogP contribution >= 0.6 is 0 Å². The summed E-state index contributed by atoms with van der Waals surface area (Å²) in [5.41, 5.74) is 1.59. The van der Waals surface area contributed by atoms with Gasteiger partial charge in [0.1, 0.15) is 0 Å². The molecule has 0 aliphatic carbocycles. The van der Waals surface area contributed by atoms with E-state index in [2.05, 4.69) is 45.3 Å². The van der Waals surface area contributed by atoms with E-state index in [1.54, 1.807) is 12.1 Å². The van der Waals surface area contributed by atoms with Gasteiger partial charge < -0.3 is 20.7 Å². The Kier molecular flexibility index (Phi) is 36.3. The first-order valence-corrected chi connectivity index (χ1v) is 17.1. The molecule has 0 saturated carbocycles. The second kappa shape index (κ2) is 35.2. The number of aryl methyl sites for hydroxylation is 1. The second-order valence-electron chi connectivity index (χ2n) is 11.0. The molecule has 1 aromatic rings. The molecule has 0 amide bonds. The van der Waals surface area contributed by atoms with Gasteiger partial charge in [-0.3, -0.25) is 0 Å².